The van der Waals surface area contributed by atoms with Crippen molar-refractivity contribution in [3.05, 3.63) is 120 Å². The highest BCUT2D eigenvalue weighted by atomic mass is 31.0. The summed E-state index contributed by atoms with van der Waals surface area (Å²) in [6.45, 7) is 6.89. The van der Waals surface area contributed by atoms with Gasteiger partial charge in [-0.25, -0.2) is 0 Å². The van der Waals surface area contributed by atoms with Crippen molar-refractivity contribution >= 4 is 67.5 Å². The number of benzene rings is 6. The molecule has 190 valence electrons. The van der Waals surface area contributed by atoms with Crippen molar-refractivity contribution in [3.8, 4) is 11.1 Å². The van der Waals surface area contributed by atoms with Crippen LogP contribution in [0.4, 0.5) is 0 Å². The van der Waals surface area contributed by atoms with Gasteiger partial charge in [0.2, 0.25) is 5.52 Å². The van der Waals surface area contributed by atoms with Crippen LogP contribution >= 0.6 is 8.35 Å². The van der Waals surface area contributed by atoms with Crippen molar-refractivity contribution in [2.45, 2.75) is 32.6 Å². The number of pyridine rings is 1. The largest absolute Gasteiger partial charge is 0.228 e. The Morgan fingerprint density at radius 2 is 1.32 bits per heavy atom. The monoisotopic (exact) mass is 530 g/mol. The van der Waals surface area contributed by atoms with Crippen LogP contribution in [-0.4, -0.2) is 0 Å². The maximum absolute atomic E-state index is 2.49. The van der Waals surface area contributed by atoms with Crippen molar-refractivity contribution in [2.75, 3.05) is 0 Å². The van der Waals surface area contributed by atoms with Crippen LogP contribution in [0.2, 0.25) is 0 Å². The minimum Gasteiger partial charge on any atom is -0.159 e. The average Bonchev–Trinajstić information content (AvgIpc) is 3.54. The standard InChI is InChI=1S/C38H29NP/c1-38(2,3)27-14-17-29-26(20-27)18-19-39-36(29)31-16-13-24-11-10-23-9-8-22-12-15-30-28-7-5-4-6-25(28)21-32(30)33(22)34(23)35(24)37(31)40-39/h4-20,40H,21H2,1-3H3/q+1. The quantitative estimate of drug-likeness (QED) is 0.172. The number of nitrogens with zero attached hydrogens (tertiary/aromatic N) is 1. The first kappa shape index (κ1) is 22.6. The molecule has 0 saturated carbocycles. The third kappa shape index (κ3) is 2.96. The Kier molecular flexibility index (Phi) is 4.36. The van der Waals surface area contributed by atoms with Crippen LogP contribution in [0.3, 0.4) is 0 Å². The summed E-state index contributed by atoms with van der Waals surface area (Å²) in [5.74, 6) is 0. The summed E-state index contributed by atoms with van der Waals surface area (Å²) in [5.41, 5.74) is 8.61. The van der Waals surface area contributed by atoms with Gasteiger partial charge in [-0.05, 0) is 84.1 Å². The Hall–Kier alpha value is -4.19. The molecule has 0 aliphatic heterocycles. The number of fused-ring (bicyclic) bond motifs is 15. The molecular weight excluding hydrogens is 501 g/mol. The van der Waals surface area contributed by atoms with Gasteiger partial charge in [-0.2, -0.15) is 4.16 Å². The van der Waals surface area contributed by atoms with Gasteiger partial charge in [-0.1, -0.05) is 99.6 Å². The lowest BCUT2D eigenvalue weighted by atomic mass is 9.86. The van der Waals surface area contributed by atoms with E-state index < -0.39 is 0 Å². The fraction of sp³-hybridized carbons (Fsp3) is 0.132. The van der Waals surface area contributed by atoms with Gasteiger partial charge in [-0.15, -0.1) is 0 Å². The maximum Gasteiger partial charge on any atom is 0.228 e. The van der Waals surface area contributed by atoms with E-state index in [2.05, 4.69) is 128 Å². The van der Waals surface area contributed by atoms with Crippen molar-refractivity contribution in [2.24, 2.45) is 0 Å². The molecule has 9 rings (SSSR count). The zero-order valence-electron chi connectivity index (χ0n) is 23.0. The number of rotatable bonds is 0. The van der Waals surface area contributed by atoms with Crippen LogP contribution in [-0.2, 0) is 11.8 Å². The van der Waals surface area contributed by atoms with E-state index in [1.165, 1.54) is 86.9 Å². The first-order chi connectivity index (χ1) is 19.5. The predicted octanol–water partition coefficient (Wildman–Crippen LogP) is 10.1. The van der Waals surface area contributed by atoms with Crippen LogP contribution in [0, 0.1) is 0 Å². The number of hydrogen-bond acceptors (Lipinski definition) is 0. The highest BCUT2D eigenvalue weighted by Gasteiger charge is 2.24. The third-order valence-corrected chi connectivity index (χ3v) is 10.6. The highest BCUT2D eigenvalue weighted by Crippen LogP contribution is 2.46. The summed E-state index contributed by atoms with van der Waals surface area (Å²) in [4.78, 5) is 0. The van der Waals surface area contributed by atoms with E-state index in [-0.39, 0.29) is 5.41 Å². The van der Waals surface area contributed by atoms with Crippen LogP contribution < -0.4 is 4.16 Å². The molecule has 2 heterocycles. The molecule has 1 unspecified atom stereocenters. The van der Waals surface area contributed by atoms with E-state index in [9.17, 15) is 0 Å². The molecule has 1 nitrogen and oxygen atoms in total. The molecule has 2 aromatic heterocycles. The molecule has 1 aliphatic rings. The summed E-state index contributed by atoms with van der Waals surface area (Å²) < 4.78 is 2.49. The van der Waals surface area contributed by atoms with E-state index in [0.717, 1.165) is 6.42 Å². The summed E-state index contributed by atoms with van der Waals surface area (Å²) >= 11 is 0. The van der Waals surface area contributed by atoms with E-state index in [4.69, 9.17) is 0 Å². The van der Waals surface area contributed by atoms with Gasteiger partial charge < -0.3 is 0 Å². The Labute approximate surface area is 234 Å². The summed E-state index contributed by atoms with van der Waals surface area (Å²) in [6, 6.07) is 37.0. The van der Waals surface area contributed by atoms with Gasteiger partial charge in [0.1, 0.15) is 8.35 Å². The van der Waals surface area contributed by atoms with Crippen molar-refractivity contribution in [1.29, 1.82) is 0 Å². The summed E-state index contributed by atoms with van der Waals surface area (Å²) in [7, 11) is 0.583. The molecule has 0 bridgehead atoms. The Bertz CT molecular complexity index is 2380. The Morgan fingerprint density at radius 3 is 2.15 bits per heavy atom. The van der Waals surface area contributed by atoms with Gasteiger partial charge >= 0.3 is 0 Å². The molecule has 0 fully saturated rings. The molecule has 40 heavy (non-hydrogen) atoms. The van der Waals surface area contributed by atoms with Crippen LogP contribution in [0.15, 0.2) is 103 Å². The average molecular weight is 531 g/mol. The van der Waals surface area contributed by atoms with E-state index >= 15 is 0 Å². The molecule has 0 spiro atoms. The fourth-order valence-electron chi connectivity index (χ4n) is 7.23. The van der Waals surface area contributed by atoms with Gasteiger partial charge in [0.25, 0.3) is 0 Å². The number of aromatic nitrogens is 1. The molecule has 0 saturated heterocycles. The van der Waals surface area contributed by atoms with Crippen LogP contribution in [0.1, 0.15) is 37.5 Å². The minimum absolute atomic E-state index is 0.135. The molecule has 1 aliphatic carbocycles. The summed E-state index contributed by atoms with van der Waals surface area (Å²) in [5, 5.41) is 13.9. The van der Waals surface area contributed by atoms with Gasteiger partial charge in [-0.3, -0.25) is 0 Å². The molecule has 8 aromatic rings. The van der Waals surface area contributed by atoms with Crippen molar-refractivity contribution in [3.63, 3.8) is 0 Å². The first-order valence-corrected chi connectivity index (χ1v) is 15.2. The highest BCUT2D eigenvalue weighted by molar-refractivity contribution is 7.30. The summed E-state index contributed by atoms with van der Waals surface area (Å²) in [6.07, 6.45) is 3.32. The molecule has 1 atom stereocenters. The Morgan fingerprint density at radius 1 is 0.625 bits per heavy atom. The van der Waals surface area contributed by atoms with E-state index in [1.807, 2.05) is 0 Å². The predicted molar refractivity (Wildman–Crippen MR) is 174 cm³/mol. The second-order valence-electron chi connectivity index (χ2n) is 12.5. The van der Waals surface area contributed by atoms with Crippen LogP contribution in [0.25, 0.3) is 70.2 Å². The van der Waals surface area contributed by atoms with E-state index in [1.54, 1.807) is 0 Å². The lowest BCUT2D eigenvalue weighted by Gasteiger charge is -2.19. The third-order valence-electron chi connectivity index (χ3n) is 9.24. The van der Waals surface area contributed by atoms with Crippen LogP contribution in [0.5, 0.6) is 0 Å². The minimum atomic E-state index is 0.135. The smallest absolute Gasteiger partial charge is 0.159 e. The van der Waals surface area contributed by atoms with Gasteiger partial charge in [0.05, 0.1) is 15.9 Å². The zero-order chi connectivity index (χ0) is 26.7. The van der Waals surface area contributed by atoms with Gasteiger partial charge in [0, 0.05) is 11.5 Å². The Balaban J connectivity index is 1.44. The van der Waals surface area contributed by atoms with E-state index in [0.29, 0.717) is 8.35 Å². The fourth-order valence-corrected chi connectivity index (χ4v) is 8.68. The van der Waals surface area contributed by atoms with Gasteiger partial charge in [0.15, 0.2) is 6.20 Å². The molecule has 0 amide bonds. The molecule has 6 aromatic carbocycles. The zero-order valence-corrected chi connectivity index (χ0v) is 24.0. The molecule has 2 heteroatoms. The SMILES string of the molecule is CC(C)(C)c1ccc2c(cc[n+]3[pH]c4c(ccc5ccc6ccc7ccc8c(c7c6c54)Cc4ccccc4-8)c23)c1. The molecule has 0 radical (unpaired) electrons. The molecule has 0 N–H and O–H groups in total. The van der Waals surface area contributed by atoms with Crippen molar-refractivity contribution in [1.82, 2.24) is 0 Å². The lowest BCUT2D eigenvalue weighted by molar-refractivity contribution is -0.426. The maximum atomic E-state index is 2.49. The normalized spacial score (nSPS) is 13.5. The lowest BCUT2D eigenvalue weighted by Crippen LogP contribution is -2.13. The second kappa shape index (κ2) is 7.72. The second-order valence-corrected chi connectivity index (χ2v) is 13.7. The number of hydrogen-bond donors (Lipinski definition) is 0. The van der Waals surface area contributed by atoms with Crippen molar-refractivity contribution < 1.29 is 4.16 Å². The topological polar surface area (TPSA) is 4.10 Å². The molecular formula is C38H29NP+. The first-order valence-electron chi connectivity index (χ1n) is 14.2.